The largest absolute Gasteiger partial charge is 0.477 e. The summed E-state index contributed by atoms with van der Waals surface area (Å²) in [5.41, 5.74) is -1.88. The minimum Gasteiger partial charge on any atom is -0.477 e. The number of carbonyl (C=O) groups is 1. The van der Waals surface area contributed by atoms with Gasteiger partial charge in [0.1, 0.15) is 27.9 Å². The summed E-state index contributed by atoms with van der Waals surface area (Å²) in [5, 5.41) is 8.76. The third kappa shape index (κ3) is 2.61. The van der Waals surface area contributed by atoms with Crippen molar-refractivity contribution in [3.05, 3.63) is 68.1 Å². The smallest absolute Gasteiger partial charge is 0.341 e. The van der Waals surface area contributed by atoms with Crippen LogP contribution < -0.4 is 5.43 Å². The van der Waals surface area contributed by atoms with Crippen LogP contribution in [0.3, 0.4) is 0 Å². The predicted octanol–water partition coefficient (Wildman–Crippen LogP) is 3.67. The summed E-state index contributed by atoms with van der Waals surface area (Å²) in [6.07, 6.45) is 0.874. The van der Waals surface area contributed by atoms with E-state index in [1.807, 2.05) is 0 Å². The van der Waals surface area contributed by atoms with Crippen molar-refractivity contribution in [1.82, 2.24) is 9.55 Å². The molecule has 0 bridgehead atoms. The van der Waals surface area contributed by atoms with Gasteiger partial charge in [0.15, 0.2) is 5.82 Å². The second-order valence-corrected chi connectivity index (χ2v) is 5.56. The molecule has 0 aliphatic carbocycles. The Morgan fingerprint density at radius 1 is 1.21 bits per heavy atom. The van der Waals surface area contributed by atoms with E-state index in [1.54, 1.807) is 0 Å². The molecular weight excluding hydrogens is 365 g/mol. The number of rotatable bonds is 2. The molecule has 0 radical (unpaired) electrons. The molecule has 0 aliphatic rings. The summed E-state index contributed by atoms with van der Waals surface area (Å²) in [7, 11) is 0. The third-order valence-corrected chi connectivity index (χ3v) is 3.77. The highest BCUT2D eigenvalue weighted by Crippen LogP contribution is 2.28. The van der Waals surface area contributed by atoms with E-state index in [2.05, 4.69) is 4.98 Å². The van der Waals surface area contributed by atoms with Crippen LogP contribution in [0.4, 0.5) is 8.78 Å². The maximum absolute atomic E-state index is 14.2. The summed E-state index contributed by atoms with van der Waals surface area (Å²) in [4.78, 5) is 27.5. The van der Waals surface area contributed by atoms with Gasteiger partial charge in [0.05, 0.1) is 10.4 Å². The molecule has 2 heterocycles. The number of nitrogens with zero attached hydrogens (tertiary/aromatic N) is 2. The van der Waals surface area contributed by atoms with Crippen LogP contribution in [0.15, 0.2) is 35.3 Å². The fourth-order valence-corrected chi connectivity index (χ4v) is 2.70. The minimum atomic E-state index is -1.51. The maximum Gasteiger partial charge on any atom is 0.341 e. The topological polar surface area (TPSA) is 72.2 Å². The molecule has 0 spiro atoms. The van der Waals surface area contributed by atoms with Crippen molar-refractivity contribution < 1.29 is 18.7 Å². The lowest BCUT2D eigenvalue weighted by atomic mass is 10.1. The van der Waals surface area contributed by atoms with Gasteiger partial charge in [-0.3, -0.25) is 9.36 Å². The molecule has 122 valence electrons. The number of hydrogen-bond donors (Lipinski definition) is 1. The van der Waals surface area contributed by atoms with Crippen LogP contribution in [-0.2, 0) is 0 Å². The molecule has 1 N–H and O–H groups in total. The van der Waals surface area contributed by atoms with Gasteiger partial charge in [0.25, 0.3) is 0 Å². The first-order valence-electron chi connectivity index (χ1n) is 6.39. The van der Waals surface area contributed by atoms with Crippen molar-refractivity contribution in [2.75, 3.05) is 0 Å². The highest BCUT2D eigenvalue weighted by molar-refractivity contribution is 6.32. The van der Waals surface area contributed by atoms with Crippen LogP contribution in [0.5, 0.6) is 0 Å². The lowest BCUT2D eigenvalue weighted by Gasteiger charge is -2.14. The van der Waals surface area contributed by atoms with Gasteiger partial charge in [-0.1, -0.05) is 23.2 Å². The Morgan fingerprint density at radius 3 is 2.54 bits per heavy atom. The van der Waals surface area contributed by atoms with Gasteiger partial charge in [-0.2, -0.15) is 0 Å². The molecule has 0 amide bonds. The minimum absolute atomic E-state index is 0.00244. The number of aromatic nitrogens is 2. The second-order valence-electron chi connectivity index (χ2n) is 4.77. The number of aromatic carboxylic acids is 1. The van der Waals surface area contributed by atoms with E-state index < -0.39 is 28.6 Å². The molecule has 0 saturated heterocycles. The fourth-order valence-electron chi connectivity index (χ4n) is 2.27. The Kier molecular flexibility index (Phi) is 3.98. The predicted molar refractivity (Wildman–Crippen MR) is 84.2 cm³/mol. The van der Waals surface area contributed by atoms with Gasteiger partial charge in [-0.05, 0) is 18.2 Å². The van der Waals surface area contributed by atoms with E-state index in [9.17, 15) is 23.5 Å². The van der Waals surface area contributed by atoms with Crippen LogP contribution in [0.2, 0.25) is 10.2 Å². The first-order valence-corrected chi connectivity index (χ1v) is 7.15. The zero-order valence-electron chi connectivity index (χ0n) is 11.6. The number of fused-ring (bicyclic) bond motifs is 1. The monoisotopic (exact) mass is 370 g/mol. The van der Waals surface area contributed by atoms with Gasteiger partial charge in [0, 0.05) is 12.3 Å². The fraction of sp³-hybridized carbons (Fsp3) is 0. The van der Waals surface area contributed by atoms with Crippen molar-refractivity contribution in [2.45, 2.75) is 0 Å². The van der Waals surface area contributed by atoms with Crippen molar-refractivity contribution in [2.24, 2.45) is 0 Å². The van der Waals surface area contributed by atoms with Gasteiger partial charge in [-0.25, -0.2) is 18.6 Å². The molecule has 9 heteroatoms. The first-order chi connectivity index (χ1) is 11.3. The Labute approximate surface area is 142 Å². The molecular formula is C15H6Cl2F2N2O3. The van der Waals surface area contributed by atoms with Crippen LogP contribution in [0.1, 0.15) is 10.4 Å². The van der Waals surface area contributed by atoms with Crippen LogP contribution in [0.25, 0.3) is 16.7 Å². The van der Waals surface area contributed by atoms with Crippen molar-refractivity contribution in [3.8, 4) is 5.69 Å². The summed E-state index contributed by atoms with van der Waals surface area (Å²) in [6.45, 7) is 0. The lowest BCUT2D eigenvalue weighted by molar-refractivity contribution is 0.0695. The quantitative estimate of drug-likeness (QED) is 0.698. The molecule has 0 aliphatic heterocycles. The van der Waals surface area contributed by atoms with E-state index in [-0.39, 0.29) is 26.9 Å². The molecule has 0 saturated carbocycles. The average molecular weight is 371 g/mol. The number of carboxylic acid groups (broad SMARTS) is 1. The Morgan fingerprint density at radius 2 is 1.92 bits per heavy atom. The third-order valence-electron chi connectivity index (χ3n) is 3.27. The molecule has 1 aromatic carbocycles. The molecule has 0 atom stereocenters. The van der Waals surface area contributed by atoms with Crippen LogP contribution in [-0.4, -0.2) is 20.6 Å². The highest BCUT2D eigenvalue weighted by Gasteiger charge is 2.20. The van der Waals surface area contributed by atoms with E-state index in [0.29, 0.717) is 6.07 Å². The zero-order valence-corrected chi connectivity index (χ0v) is 13.1. The SMILES string of the molecule is O=C(O)c1cn(-c2c(F)cc(F)cc2Cl)c2nc(Cl)ccc2c1=O. The average Bonchev–Trinajstić information content (AvgIpc) is 2.48. The highest BCUT2D eigenvalue weighted by atomic mass is 35.5. The number of benzene rings is 1. The van der Waals surface area contributed by atoms with E-state index in [1.165, 1.54) is 12.1 Å². The number of halogens is 4. The summed E-state index contributed by atoms with van der Waals surface area (Å²) in [6, 6.07) is 4.00. The zero-order chi connectivity index (χ0) is 17.6. The van der Waals surface area contributed by atoms with Gasteiger partial charge < -0.3 is 5.11 Å². The molecule has 3 aromatic rings. The standard InChI is InChI=1S/C15H6Cl2F2N2O3/c16-9-3-6(18)4-10(19)12(9)21-5-8(15(23)24)13(22)7-1-2-11(17)20-14(7)21/h1-5H,(H,23,24). The molecule has 24 heavy (non-hydrogen) atoms. The van der Waals surface area contributed by atoms with E-state index in [4.69, 9.17) is 23.2 Å². The van der Waals surface area contributed by atoms with Crippen molar-refractivity contribution >= 4 is 40.2 Å². The molecule has 0 unspecified atom stereocenters. The normalized spacial score (nSPS) is 11.0. The number of pyridine rings is 2. The summed E-state index contributed by atoms with van der Waals surface area (Å²) in [5.74, 6) is -3.47. The van der Waals surface area contributed by atoms with E-state index >= 15 is 0 Å². The Hall–Kier alpha value is -2.51. The molecule has 2 aromatic heterocycles. The van der Waals surface area contributed by atoms with Crippen molar-refractivity contribution in [1.29, 1.82) is 0 Å². The molecule has 3 rings (SSSR count). The Balaban J connectivity index is 2.53. The Bertz CT molecular complexity index is 1040. The van der Waals surface area contributed by atoms with Crippen molar-refractivity contribution in [3.63, 3.8) is 0 Å². The number of hydrogen-bond acceptors (Lipinski definition) is 3. The van der Waals surface area contributed by atoms with Gasteiger partial charge in [-0.15, -0.1) is 0 Å². The van der Waals surface area contributed by atoms with E-state index in [0.717, 1.165) is 16.8 Å². The second kappa shape index (κ2) is 5.85. The summed E-state index contributed by atoms with van der Waals surface area (Å²) >= 11 is 11.7. The number of carboxylic acids is 1. The lowest BCUT2D eigenvalue weighted by Crippen LogP contribution is -2.19. The van der Waals surface area contributed by atoms with Gasteiger partial charge >= 0.3 is 5.97 Å². The summed E-state index contributed by atoms with van der Waals surface area (Å²) < 4.78 is 28.4. The first kappa shape index (κ1) is 16.4. The molecule has 5 nitrogen and oxygen atoms in total. The molecule has 0 fully saturated rings. The van der Waals surface area contributed by atoms with Gasteiger partial charge in [0.2, 0.25) is 5.43 Å². The van der Waals surface area contributed by atoms with Crippen LogP contribution >= 0.6 is 23.2 Å². The maximum atomic E-state index is 14.2. The van der Waals surface area contributed by atoms with Crippen LogP contribution in [0, 0.1) is 11.6 Å².